The van der Waals surface area contributed by atoms with Crippen molar-refractivity contribution in [2.45, 2.75) is 24.3 Å². The van der Waals surface area contributed by atoms with Gasteiger partial charge in [0.1, 0.15) is 0 Å². The van der Waals surface area contributed by atoms with Gasteiger partial charge in [0, 0.05) is 19.1 Å². The lowest BCUT2D eigenvalue weighted by Crippen LogP contribution is -2.40. The number of hydrogen-bond acceptors (Lipinski definition) is 5. The minimum atomic E-state index is -3.80. The van der Waals surface area contributed by atoms with E-state index in [4.69, 9.17) is 9.84 Å². The van der Waals surface area contributed by atoms with Crippen LogP contribution in [0.25, 0.3) is 0 Å². The molecule has 0 heterocycles. The molecular formula is C13H19NO5S. The summed E-state index contributed by atoms with van der Waals surface area (Å²) >= 11 is 0. The first-order chi connectivity index (χ1) is 9.44. The van der Waals surface area contributed by atoms with Crippen molar-refractivity contribution in [1.29, 1.82) is 0 Å². The fraction of sp³-hybridized carbons (Fsp3) is 0.462. The smallest absolute Gasteiger partial charge is 0.240 e. The second-order valence-corrected chi connectivity index (χ2v) is 5.97. The molecule has 2 N–H and O–H groups in total. The molecule has 1 unspecified atom stereocenters. The molecule has 0 spiro atoms. The van der Waals surface area contributed by atoms with E-state index >= 15 is 0 Å². The van der Waals surface area contributed by atoms with E-state index in [1.807, 2.05) is 0 Å². The van der Waals surface area contributed by atoms with Gasteiger partial charge in [-0.15, -0.1) is 0 Å². The van der Waals surface area contributed by atoms with Crippen LogP contribution in [0.5, 0.6) is 0 Å². The lowest BCUT2D eigenvalue weighted by molar-refractivity contribution is 0.0988. The number of Topliss-reactive ketones (excluding diaryl/α,β-unsaturated/α-hetero) is 1. The summed E-state index contributed by atoms with van der Waals surface area (Å²) in [5, 5.41) is 9.09. The molecule has 0 saturated heterocycles. The molecule has 0 bridgehead atoms. The van der Waals surface area contributed by atoms with Gasteiger partial charge in [-0.3, -0.25) is 4.79 Å². The maximum Gasteiger partial charge on any atom is 0.240 e. The van der Waals surface area contributed by atoms with Crippen LogP contribution in [-0.4, -0.2) is 45.7 Å². The Balaban J connectivity index is 3.00. The zero-order chi connectivity index (χ0) is 15.2. The fourth-order valence-corrected chi connectivity index (χ4v) is 2.91. The third kappa shape index (κ3) is 4.38. The minimum Gasteiger partial charge on any atom is -0.395 e. The van der Waals surface area contributed by atoms with Crippen molar-refractivity contribution in [3.05, 3.63) is 29.8 Å². The molecule has 0 saturated carbocycles. The van der Waals surface area contributed by atoms with Gasteiger partial charge >= 0.3 is 0 Å². The van der Waals surface area contributed by atoms with Crippen LogP contribution in [0.1, 0.15) is 23.7 Å². The number of benzene rings is 1. The molecule has 1 aromatic carbocycles. The first-order valence-electron chi connectivity index (χ1n) is 6.20. The molecule has 112 valence electrons. The minimum absolute atomic E-state index is 0.00801. The number of nitrogens with one attached hydrogen (secondary N) is 1. The fourth-order valence-electron chi connectivity index (χ4n) is 1.65. The Labute approximate surface area is 118 Å². The van der Waals surface area contributed by atoms with Crippen molar-refractivity contribution in [2.24, 2.45) is 0 Å². The summed E-state index contributed by atoms with van der Waals surface area (Å²) in [5.41, 5.74) is 0.350. The molecule has 0 aliphatic rings. The monoisotopic (exact) mass is 301 g/mol. The molecular weight excluding hydrogens is 282 g/mol. The van der Waals surface area contributed by atoms with Crippen LogP contribution < -0.4 is 4.72 Å². The maximum absolute atomic E-state index is 12.2. The molecule has 1 rings (SSSR count). The molecule has 0 aliphatic heterocycles. The van der Waals surface area contributed by atoms with Crippen molar-refractivity contribution in [3.63, 3.8) is 0 Å². The molecule has 20 heavy (non-hydrogen) atoms. The molecule has 0 aliphatic carbocycles. The van der Waals surface area contributed by atoms with Crippen LogP contribution in [0.15, 0.2) is 29.2 Å². The van der Waals surface area contributed by atoms with Crippen LogP contribution in [0.3, 0.4) is 0 Å². The van der Waals surface area contributed by atoms with Crippen LogP contribution in [0.4, 0.5) is 0 Å². The van der Waals surface area contributed by atoms with E-state index in [1.165, 1.54) is 25.3 Å². The Hall–Kier alpha value is -1.28. The van der Waals surface area contributed by atoms with E-state index in [-0.39, 0.29) is 23.9 Å². The van der Waals surface area contributed by atoms with Crippen molar-refractivity contribution in [3.8, 4) is 0 Å². The normalized spacial score (nSPS) is 13.2. The summed E-state index contributed by atoms with van der Waals surface area (Å²) < 4.78 is 31.4. The number of aliphatic hydroxyl groups excluding tert-OH is 1. The third-order valence-electron chi connectivity index (χ3n) is 2.70. The summed E-state index contributed by atoms with van der Waals surface area (Å²) in [6, 6.07) is 5.09. The van der Waals surface area contributed by atoms with Crippen LogP contribution in [0, 0.1) is 0 Å². The third-order valence-corrected chi connectivity index (χ3v) is 4.22. The first-order valence-corrected chi connectivity index (χ1v) is 7.68. The average Bonchev–Trinajstić information content (AvgIpc) is 2.45. The molecule has 1 aromatic rings. The number of hydrogen-bond donors (Lipinski definition) is 2. The van der Waals surface area contributed by atoms with E-state index in [1.54, 1.807) is 13.0 Å². The maximum atomic E-state index is 12.2. The van der Waals surface area contributed by atoms with E-state index in [0.29, 0.717) is 12.0 Å². The van der Waals surface area contributed by atoms with Gasteiger partial charge in [-0.2, -0.15) is 0 Å². The van der Waals surface area contributed by atoms with Crippen LogP contribution >= 0.6 is 0 Å². The Bertz CT molecular complexity index is 556. The molecule has 0 aromatic heterocycles. The SMILES string of the molecule is CCC(=O)c1cccc(S(=O)(=O)NC(CO)COC)c1. The highest BCUT2D eigenvalue weighted by atomic mass is 32.2. The van der Waals surface area contributed by atoms with Gasteiger partial charge in [-0.1, -0.05) is 19.1 Å². The van der Waals surface area contributed by atoms with Gasteiger partial charge in [-0.05, 0) is 12.1 Å². The van der Waals surface area contributed by atoms with Gasteiger partial charge in [0.2, 0.25) is 10.0 Å². The Morgan fingerprint density at radius 2 is 2.15 bits per heavy atom. The molecule has 0 amide bonds. The molecule has 6 nitrogen and oxygen atoms in total. The summed E-state index contributed by atoms with van der Waals surface area (Å²) in [5.74, 6) is -0.127. The zero-order valence-electron chi connectivity index (χ0n) is 11.5. The van der Waals surface area contributed by atoms with Crippen molar-refractivity contribution in [1.82, 2.24) is 4.72 Å². The Kier molecular flexibility index (Phi) is 6.28. The number of aliphatic hydroxyl groups is 1. The van der Waals surface area contributed by atoms with Gasteiger partial charge in [0.25, 0.3) is 0 Å². The highest BCUT2D eigenvalue weighted by molar-refractivity contribution is 7.89. The standard InChI is InChI=1S/C13H19NO5S/c1-3-13(16)10-5-4-6-12(7-10)20(17,18)14-11(8-15)9-19-2/h4-7,11,14-15H,3,8-9H2,1-2H3. The lowest BCUT2D eigenvalue weighted by atomic mass is 10.1. The Morgan fingerprint density at radius 3 is 2.70 bits per heavy atom. The quantitative estimate of drug-likeness (QED) is 0.685. The van der Waals surface area contributed by atoms with E-state index in [2.05, 4.69) is 4.72 Å². The van der Waals surface area contributed by atoms with Crippen molar-refractivity contribution in [2.75, 3.05) is 20.3 Å². The summed E-state index contributed by atoms with van der Waals surface area (Å²) in [6.45, 7) is 1.39. The van der Waals surface area contributed by atoms with Crippen molar-refractivity contribution < 1.29 is 23.1 Å². The van der Waals surface area contributed by atoms with Crippen molar-refractivity contribution >= 4 is 15.8 Å². The molecule has 7 heteroatoms. The number of ketones is 1. The van der Waals surface area contributed by atoms with Gasteiger partial charge in [-0.25, -0.2) is 13.1 Å². The average molecular weight is 301 g/mol. The van der Waals surface area contributed by atoms with Gasteiger partial charge in [0.05, 0.1) is 24.2 Å². The largest absolute Gasteiger partial charge is 0.395 e. The number of carbonyl (C=O) groups excluding carboxylic acids is 1. The highest BCUT2D eigenvalue weighted by Crippen LogP contribution is 2.13. The van der Waals surface area contributed by atoms with E-state index in [9.17, 15) is 13.2 Å². The Morgan fingerprint density at radius 1 is 1.45 bits per heavy atom. The lowest BCUT2D eigenvalue weighted by Gasteiger charge is -2.15. The number of ether oxygens (including phenoxy) is 1. The molecule has 1 atom stereocenters. The zero-order valence-corrected chi connectivity index (χ0v) is 12.3. The van der Waals surface area contributed by atoms with E-state index in [0.717, 1.165) is 0 Å². The first kappa shape index (κ1) is 16.8. The van der Waals surface area contributed by atoms with Crippen LogP contribution in [-0.2, 0) is 14.8 Å². The number of methoxy groups -OCH3 is 1. The van der Waals surface area contributed by atoms with Crippen LogP contribution in [0.2, 0.25) is 0 Å². The number of sulfonamides is 1. The number of carbonyl (C=O) groups is 1. The highest BCUT2D eigenvalue weighted by Gasteiger charge is 2.20. The second-order valence-electron chi connectivity index (χ2n) is 4.26. The van der Waals surface area contributed by atoms with E-state index < -0.39 is 16.1 Å². The molecule has 0 radical (unpaired) electrons. The summed E-state index contributed by atoms with van der Waals surface area (Å²) in [6.07, 6.45) is 0.305. The molecule has 0 fully saturated rings. The summed E-state index contributed by atoms with van der Waals surface area (Å²) in [7, 11) is -2.39. The predicted molar refractivity (Wildman–Crippen MR) is 74.1 cm³/mol. The number of rotatable bonds is 8. The predicted octanol–water partition coefficient (Wildman–Crippen LogP) is 0.565. The summed E-state index contributed by atoms with van der Waals surface area (Å²) in [4.78, 5) is 11.6. The topological polar surface area (TPSA) is 92.7 Å². The van der Waals surface area contributed by atoms with Gasteiger partial charge in [0.15, 0.2) is 5.78 Å². The second kappa shape index (κ2) is 7.49. The van der Waals surface area contributed by atoms with Gasteiger partial charge < -0.3 is 9.84 Å².